The lowest BCUT2D eigenvalue weighted by Gasteiger charge is -2.30. The number of hydrogen-bond donors (Lipinski definition) is 0. The van der Waals surface area contributed by atoms with Crippen LogP contribution in [0.3, 0.4) is 0 Å². The highest BCUT2D eigenvalue weighted by molar-refractivity contribution is 6.07. The highest BCUT2D eigenvalue weighted by Crippen LogP contribution is 2.56. The van der Waals surface area contributed by atoms with Gasteiger partial charge in [0.2, 0.25) is 0 Å². The Bertz CT molecular complexity index is 2980. The monoisotopic (exact) mass is 762 g/mol. The summed E-state index contributed by atoms with van der Waals surface area (Å²) in [5, 5.41) is 2.39. The first-order valence-electron chi connectivity index (χ1n) is 20.0. The summed E-state index contributed by atoms with van der Waals surface area (Å²) in [6.07, 6.45) is 7.08. The van der Waals surface area contributed by atoms with Crippen LogP contribution in [-0.2, 0) is 5.41 Å². The molecule has 0 spiro atoms. The van der Waals surface area contributed by atoms with Gasteiger partial charge in [0.1, 0.15) is 12.7 Å². The highest BCUT2D eigenvalue weighted by Gasteiger charge is 2.39. The van der Waals surface area contributed by atoms with Gasteiger partial charge in [0.05, 0.1) is 40.8 Å². The largest absolute Gasteiger partial charge is 0.307 e. The highest BCUT2D eigenvalue weighted by atomic mass is 15.2. The zero-order valence-corrected chi connectivity index (χ0v) is 33.5. The van der Waals surface area contributed by atoms with Crippen molar-refractivity contribution in [2.45, 2.75) is 33.1 Å². The minimum atomic E-state index is -0.308. The number of rotatable bonds is 8. The normalized spacial score (nSPS) is 12.5. The zero-order chi connectivity index (χ0) is 40.1. The molecule has 59 heavy (non-hydrogen) atoms. The maximum atomic E-state index is 4.66. The zero-order valence-electron chi connectivity index (χ0n) is 33.5. The molecule has 0 radical (unpaired) electrons. The van der Waals surface area contributed by atoms with Crippen molar-refractivity contribution >= 4 is 44.9 Å². The van der Waals surface area contributed by atoms with Gasteiger partial charge in [-0.2, -0.15) is 0 Å². The topological polar surface area (TPSA) is 58.0 Å². The number of fused-ring (bicyclic) bond motifs is 5. The van der Waals surface area contributed by atoms with Gasteiger partial charge in [0, 0.05) is 27.9 Å². The van der Waals surface area contributed by atoms with Crippen molar-refractivity contribution in [3.05, 3.63) is 205 Å². The first kappa shape index (κ1) is 35.9. The van der Waals surface area contributed by atoms with Crippen molar-refractivity contribution in [3.63, 3.8) is 0 Å². The van der Waals surface area contributed by atoms with E-state index < -0.39 is 0 Å². The van der Waals surface area contributed by atoms with E-state index in [0.29, 0.717) is 0 Å². The smallest absolute Gasteiger partial charge is 0.115 e. The number of benzene rings is 7. The Labute approximate surface area is 345 Å². The van der Waals surface area contributed by atoms with Crippen LogP contribution in [0.15, 0.2) is 183 Å². The fourth-order valence-corrected chi connectivity index (χ4v) is 8.89. The Morgan fingerprint density at radius 1 is 0.424 bits per heavy atom. The van der Waals surface area contributed by atoms with Crippen molar-refractivity contribution in [1.29, 1.82) is 0 Å². The Kier molecular flexibility index (Phi) is 8.83. The van der Waals surface area contributed by atoms with Crippen molar-refractivity contribution in [2.75, 3.05) is 9.80 Å². The minimum Gasteiger partial charge on any atom is -0.307 e. The molecule has 2 heterocycles. The Morgan fingerprint density at radius 3 is 1.46 bits per heavy atom. The van der Waals surface area contributed by atoms with Crippen LogP contribution in [0, 0.1) is 13.8 Å². The SMILES string of the molecule is Cc1ncncc1N(c1ccc(-c2ccccc2)cc1)c1ccc2c(c1)C(C)(C)c1c-2cc(N(c2ccc(-c3ccccc3)cc2)c2cncnc2C)c2ccccc12. The Morgan fingerprint density at radius 2 is 0.898 bits per heavy atom. The first-order chi connectivity index (χ1) is 28.9. The summed E-state index contributed by atoms with van der Waals surface area (Å²) in [6.45, 7) is 8.82. The molecule has 6 nitrogen and oxygen atoms in total. The summed E-state index contributed by atoms with van der Waals surface area (Å²) in [5.74, 6) is 0. The van der Waals surface area contributed by atoms with E-state index in [-0.39, 0.29) is 5.41 Å². The van der Waals surface area contributed by atoms with Gasteiger partial charge >= 0.3 is 0 Å². The van der Waals surface area contributed by atoms with Gasteiger partial charge in [-0.15, -0.1) is 0 Å². The van der Waals surface area contributed by atoms with Crippen LogP contribution < -0.4 is 9.80 Å². The van der Waals surface area contributed by atoms with Gasteiger partial charge in [0.25, 0.3) is 0 Å². The van der Waals surface area contributed by atoms with E-state index >= 15 is 0 Å². The van der Waals surface area contributed by atoms with Gasteiger partial charge in [0.15, 0.2) is 0 Å². The third-order valence-electron chi connectivity index (χ3n) is 11.8. The maximum Gasteiger partial charge on any atom is 0.115 e. The van der Waals surface area contributed by atoms with E-state index in [1.165, 1.54) is 55.3 Å². The molecule has 1 aliphatic carbocycles. The first-order valence-corrected chi connectivity index (χ1v) is 20.0. The molecule has 0 amide bonds. The molecule has 10 rings (SSSR count). The molecule has 7 aromatic carbocycles. The van der Waals surface area contributed by atoms with Crippen LogP contribution in [-0.4, -0.2) is 19.9 Å². The average Bonchev–Trinajstić information content (AvgIpc) is 3.51. The van der Waals surface area contributed by atoms with Gasteiger partial charge in [-0.3, -0.25) is 0 Å². The quantitative estimate of drug-likeness (QED) is 0.154. The standard InChI is InChI=1S/C53H42N6/c1-35-50(31-54-33-56-35)58(41-23-19-39(20-24-41)37-13-7-5-8-14-37)43-27-28-44-47-30-49(45-17-11-12-18-46(45)52(47)53(3,4)48(44)29-43)59(51-32-55-34-57-36(51)2)42-25-21-40(22-26-42)38-15-9-6-10-16-38/h5-34H,1-4H3. The van der Waals surface area contributed by atoms with Crippen molar-refractivity contribution in [2.24, 2.45) is 0 Å². The van der Waals surface area contributed by atoms with Crippen LogP contribution in [0.5, 0.6) is 0 Å². The van der Waals surface area contributed by atoms with Gasteiger partial charge < -0.3 is 9.80 Å². The van der Waals surface area contributed by atoms with E-state index in [1.807, 2.05) is 19.3 Å². The number of hydrogen-bond acceptors (Lipinski definition) is 6. The van der Waals surface area contributed by atoms with E-state index in [2.05, 4.69) is 208 Å². The fraction of sp³-hybridized carbons (Fsp3) is 0.0943. The number of nitrogens with zero attached hydrogens (tertiary/aromatic N) is 6. The summed E-state index contributed by atoms with van der Waals surface area (Å²) in [5.41, 5.74) is 17.3. The summed E-state index contributed by atoms with van der Waals surface area (Å²) >= 11 is 0. The van der Waals surface area contributed by atoms with Gasteiger partial charge in [-0.25, -0.2) is 19.9 Å². The average molecular weight is 763 g/mol. The fourth-order valence-electron chi connectivity index (χ4n) is 8.89. The molecule has 0 saturated heterocycles. The molecule has 284 valence electrons. The van der Waals surface area contributed by atoms with E-state index in [4.69, 9.17) is 0 Å². The molecule has 0 bridgehead atoms. The molecule has 9 aromatic rings. The molecule has 6 heteroatoms. The number of aryl methyl sites for hydroxylation is 2. The van der Waals surface area contributed by atoms with Crippen LogP contribution in [0.1, 0.15) is 36.4 Å². The van der Waals surface area contributed by atoms with E-state index in [9.17, 15) is 0 Å². The van der Waals surface area contributed by atoms with Crippen molar-refractivity contribution < 1.29 is 0 Å². The molecule has 0 unspecified atom stereocenters. The van der Waals surface area contributed by atoms with E-state index in [1.54, 1.807) is 12.7 Å². The van der Waals surface area contributed by atoms with Crippen LogP contribution in [0.4, 0.5) is 34.1 Å². The Balaban J connectivity index is 1.14. The third-order valence-corrected chi connectivity index (χ3v) is 11.8. The maximum absolute atomic E-state index is 4.66. The lowest BCUT2D eigenvalue weighted by Crippen LogP contribution is -2.18. The van der Waals surface area contributed by atoms with Crippen LogP contribution in [0.2, 0.25) is 0 Å². The summed E-state index contributed by atoms with van der Waals surface area (Å²) < 4.78 is 0. The van der Waals surface area contributed by atoms with Crippen LogP contribution >= 0.6 is 0 Å². The minimum absolute atomic E-state index is 0.308. The second-order valence-corrected chi connectivity index (χ2v) is 15.7. The summed E-state index contributed by atoms with van der Waals surface area (Å²) in [4.78, 5) is 22.9. The summed E-state index contributed by atoms with van der Waals surface area (Å²) in [7, 11) is 0. The molecule has 1 aliphatic rings. The molecule has 0 saturated carbocycles. The third kappa shape index (κ3) is 6.21. The predicted molar refractivity (Wildman–Crippen MR) is 242 cm³/mol. The molecule has 0 N–H and O–H groups in total. The molecule has 2 aromatic heterocycles. The van der Waals surface area contributed by atoms with Crippen molar-refractivity contribution in [1.82, 2.24) is 19.9 Å². The van der Waals surface area contributed by atoms with Gasteiger partial charge in [-0.05, 0) is 106 Å². The van der Waals surface area contributed by atoms with Crippen molar-refractivity contribution in [3.8, 4) is 33.4 Å². The molecule has 0 fully saturated rings. The molecule has 0 atom stereocenters. The molecular weight excluding hydrogens is 721 g/mol. The lowest BCUT2D eigenvalue weighted by atomic mass is 9.79. The Hall–Kier alpha value is -7.44. The molecule has 0 aliphatic heterocycles. The van der Waals surface area contributed by atoms with E-state index in [0.717, 1.165) is 45.5 Å². The number of aromatic nitrogens is 4. The number of anilines is 6. The summed E-state index contributed by atoms with van der Waals surface area (Å²) in [6, 6.07) is 56.7. The van der Waals surface area contributed by atoms with Crippen LogP contribution in [0.25, 0.3) is 44.2 Å². The molecular formula is C53H42N6. The lowest BCUT2D eigenvalue weighted by molar-refractivity contribution is 0.666. The predicted octanol–water partition coefficient (Wildman–Crippen LogP) is 13.6. The second kappa shape index (κ2) is 14.5. The van der Waals surface area contributed by atoms with Gasteiger partial charge in [-0.1, -0.05) is 129 Å². The second-order valence-electron chi connectivity index (χ2n) is 15.7.